The maximum atomic E-state index is 13.0. The van der Waals surface area contributed by atoms with Gasteiger partial charge in [-0.2, -0.15) is 0 Å². The molecule has 2 saturated heterocycles. The van der Waals surface area contributed by atoms with Gasteiger partial charge in [0.1, 0.15) is 16.1 Å². The molecule has 0 aromatic carbocycles. The van der Waals surface area contributed by atoms with Crippen LogP contribution >= 0.6 is 0 Å². The number of amides is 1. The summed E-state index contributed by atoms with van der Waals surface area (Å²) in [6, 6.07) is 0.970. The van der Waals surface area contributed by atoms with Gasteiger partial charge in [0.15, 0.2) is 0 Å². The highest BCUT2D eigenvalue weighted by atomic mass is 32.2. The number of carbonyl (C=O) groups is 1. The molecule has 5 aliphatic rings. The van der Waals surface area contributed by atoms with Gasteiger partial charge in [0.2, 0.25) is 5.91 Å². The van der Waals surface area contributed by atoms with Gasteiger partial charge in [-0.1, -0.05) is 6.92 Å². The topological polar surface area (TPSA) is 121 Å². The molecule has 5 fully saturated rings. The zero-order chi connectivity index (χ0) is 26.7. The minimum absolute atomic E-state index is 0.0534. The van der Waals surface area contributed by atoms with Crippen LogP contribution in [0.3, 0.4) is 0 Å². The molecule has 0 aromatic rings. The SMILES string of the molecule is CC1CCC(NC(=O)C2CCC(S(C)(=O)=O)CC2)CC1NC1NCCC(C2CNCC(OCC3CC3)C2)N1. The number of carbonyl (C=O) groups excluding carboxylic acids is 1. The van der Waals surface area contributed by atoms with Crippen LogP contribution in [-0.2, 0) is 19.4 Å². The van der Waals surface area contributed by atoms with Crippen molar-refractivity contribution >= 4 is 15.7 Å². The monoisotopic (exact) mass is 553 g/mol. The third-order valence-corrected chi connectivity index (χ3v) is 11.6. The Balaban J connectivity index is 1.07. The number of sulfone groups is 1. The molecule has 5 rings (SSSR count). The molecule has 7 atom stereocenters. The fraction of sp³-hybridized carbons (Fsp3) is 0.964. The van der Waals surface area contributed by atoms with Gasteiger partial charge < -0.3 is 15.4 Å². The number of nitrogens with one attached hydrogen (secondary N) is 5. The van der Waals surface area contributed by atoms with E-state index < -0.39 is 9.84 Å². The molecule has 3 aliphatic carbocycles. The normalized spacial score (nSPS) is 40.9. The first-order valence-electron chi connectivity index (χ1n) is 15.3. The first kappa shape index (κ1) is 28.7. The summed E-state index contributed by atoms with van der Waals surface area (Å²) < 4.78 is 29.9. The van der Waals surface area contributed by atoms with Gasteiger partial charge in [-0.3, -0.25) is 20.7 Å². The van der Waals surface area contributed by atoms with Crippen molar-refractivity contribution in [1.82, 2.24) is 26.6 Å². The number of rotatable bonds is 9. The third kappa shape index (κ3) is 7.91. The van der Waals surface area contributed by atoms with Crippen LogP contribution in [0.1, 0.15) is 77.6 Å². The molecule has 10 heteroatoms. The van der Waals surface area contributed by atoms with Crippen LogP contribution in [0.25, 0.3) is 0 Å². The zero-order valence-corrected chi connectivity index (χ0v) is 24.2. The lowest BCUT2D eigenvalue weighted by atomic mass is 9.82. The van der Waals surface area contributed by atoms with E-state index in [9.17, 15) is 13.2 Å². The fourth-order valence-electron chi connectivity index (χ4n) is 7.11. The molecule has 5 N–H and O–H groups in total. The molecule has 2 heterocycles. The summed E-state index contributed by atoms with van der Waals surface area (Å²) in [4.78, 5) is 13.0. The molecule has 0 spiro atoms. The second-order valence-corrected chi connectivity index (χ2v) is 15.4. The summed E-state index contributed by atoms with van der Waals surface area (Å²) in [5, 5.41) is 18.0. The lowest BCUT2D eigenvalue weighted by Crippen LogP contribution is -2.66. The molecule has 218 valence electrons. The first-order chi connectivity index (χ1) is 18.2. The average Bonchev–Trinajstić information content (AvgIpc) is 3.74. The van der Waals surface area contributed by atoms with E-state index in [0.29, 0.717) is 55.7 Å². The van der Waals surface area contributed by atoms with E-state index in [1.165, 1.54) is 19.1 Å². The van der Waals surface area contributed by atoms with Crippen molar-refractivity contribution in [2.75, 3.05) is 32.5 Å². The summed E-state index contributed by atoms with van der Waals surface area (Å²) in [7, 11) is -3.01. The molecule has 7 unspecified atom stereocenters. The van der Waals surface area contributed by atoms with Crippen LogP contribution in [0, 0.1) is 23.7 Å². The van der Waals surface area contributed by atoms with Crippen LogP contribution in [-0.4, -0.2) is 82.6 Å². The molecular weight excluding hydrogens is 502 g/mol. The van der Waals surface area contributed by atoms with Gasteiger partial charge in [-0.25, -0.2) is 8.42 Å². The van der Waals surface area contributed by atoms with Crippen molar-refractivity contribution in [2.24, 2.45) is 23.7 Å². The van der Waals surface area contributed by atoms with E-state index in [-0.39, 0.29) is 29.4 Å². The first-order valence-corrected chi connectivity index (χ1v) is 17.3. The van der Waals surface area contributed by atoms with Crippen LogP contribution in [0.2, 0.25) is 0 Å². The maximum absolute atomic E-state index is 13.0. The minimum atomic E-state index is -3.01. The van der Waals surface area contributed by atoms with Crippen molar-refractivity contribution in [1.29, 1.82) is 0 Å². The number of hydrogen-bond donors (Lipinski definition) is 5. The van der Waals surface area contributed by atoms with Gasteiger partial charge in [0.05, 0.1) is 11.4 Å². The summed E-state index contributed by atoms with van der Waals surface area (Å²) >= 11 is 0. The van der Waals surface area contributed by atoms with Crippen molar-refractivity contribution in [3.63, 3.8) is 0 Å². The minimum Gasteiger partial charge on any atom is -0.377 e. The lowest BCUT2D eigenvalue weighted by molar-refractivity contribution is -0.127. The van der Waals surface area contributed by atoms with Gasteiger partial charge in [0.25, 0.3) is 0 Å². The highest BCUT2D eigenvalue weighted by Crippen LogP contribution is 2.31. The Morgan fingerprint density at radius 1 is 0.974 bits per heavy atom. The van der Waals surface area contributed by atoms with Crippen molar-refractivity contribution in [3.05, 3.63) is 0 Å². The molecule has 2 aliphatic heterocycles. The van der Waals surface area contributed by atoms with E-state index in [2.05, 4.69) is 33.5 Å². The lowest BCUT2D eigenvalue weighted by Gasteiger charge is -2.43. The molecular formula is C28H51N5O4S. The maximum Gasteiger partial charge on any atom is 0.223 e. The molecule has 38 heavy (non-hydrogen) atoms. The van der Waals surface area contributed by atoms with Crippen LogP contribution in [0.15, 0.2) is 0 Å². The predicted molar refractivity (Wildman–Crippen MR) is 149 cm³/mol. The van der Waals surface area contributed by atoms with E-state index in [0.717, 1.165) is 64.3 Å². The number of ether oxygens (including phenoxy) is 1. The van der Waals surface area contributed by atoms with E-state index in [4.69, 9.17) is 4.74 Å². The second-order valence-electron chi connectivity index (χ2n) is 13.1. The fourth-order valence-corrected chi connectivity index (χ4v) is 8.24. The Hall–Kier alpha value is -0.780. The Bertz CT molecular complexity index is 892. The molecule has 3 saturated carbocycles. The van der Waals surface area contributed by atoms with Crippen molar-refractivity contribution in [2.45, 2.75) is 113 Å². The van der Waals surface area contributed by atoms with E-state index in [1.54, 1.807) is 0 Å². The molecule has 0 aromatic heterocycles. The summed E-state index contributed by atoms with van der Waals surface area (Å²) in [6.07, 6.45) is 12.2. The van der Waals surface area contributed by atoms with Crippen LogP contribution < -0.4 is 26.6 Å². The van der Waals surface area contributed by atoms with Gasteiger partial charge in [0, 0.05) is 43.5 Å². The second kappa shape index (κ2) is 12.8. The summed E-state index contributed by atoms with van der Waals surface area (Å²) in [6.45, 7) is 6.27. The Kier molecular flexibility index (Phi) is 9.69. The molecule has 1 amide bonds. The Morgan fingerprint density at radius 3 is 2.50 bits per heavy atom. The van der Waals surface area contributed by atoms with E-state index in [1.807, 2.05) is 0 Å². The van der Waals surface area contributed by atoms with E-state index >= 15 is 0 Å². The Labute approximate surface area is 229 Å². The summed E-state index contributed by atoms with van der Waals surface area (Å²) in [5.41, 5.74) is 0. The van der Waals surface area contributed by atoms with Crippen LogP contribution in [0.4, 0.5) is 0 Å². The highest BCUT2D eigenvalue weighted by molar-refractivity contribution is 7.91. The number of hydrogen-bond acceptors (Lipinski definition) is 8. The predicted octanol–water partition coefficient (Wildman–Crippen LogP) is 1.49. The molecule has 9 nitrogen and oxygen atoms in total. The largest absolute Gasteiger partial charge is 0.377 e. The smallest absolute Gasteiger partial charge is 0.223 e. The van der Waals surface area contributed by atoms with Crippen molar-refractivity contribution in [3.8, 4) is 0 Å². The van der Waals surface area contributed by atoms with Gasteiger partial charge >= 0.3 is 0 Å². The zero-order valence-electron chi connectivity index (χ0n) is 23.4. The average molecular weight is 554 g/mol. The molecule has 0 bridgehead atoms. The van der Waals surface area contributed by atoms with Gasteiger partial charge in [-0.15, -0.1) is 0 Å². The van der Waals surface area contributed by atoms with Crippen molar-refractivity contribution < 1.29 is 17.9 Å². The summed E-state index contributed by atoms with van der Waals surface area (Å²) in [5.74, 6) is 2.00. The number of piperidine rings is 1. The quantitative estimate of drug-likeness (QED) is 0.291. The van der Waals surface area contributed by atoms with Crippen LogP contribution in [0.5, 0.6) is 0 Å². The Morgan fingerprint density at radius 2 is 1.76 bits per heavy atom. The van der Waals surface area contributed by atoms with Gasteiger partial charge in [-0.05, 0) is 101 Å². The standard InChI is InChI=1S/C28H51N5O4S/c1-18-3-8-22(31-27(34)20-6-9-24(10-7-20)38(2,35)36)14-26(18)33-28-30-12-11-25(32-28)21-13-23(16-29-15-21)37-17-19-4-5-19/h18-26,28-30,32-33H,3-17H2,1-2H3,(H,31,34). The third-order valence-electron chi connectivity index (χ3n) is 9.94. The highest BCUT2D eigenvalue weighted by Gasteiger charge is 2.37. The molecule has 0 radical (unpaired) electrons.